The number of amides is 3. The quantitative estimate of drug-likeness (QED) is 0.0304. The average molecular weight is 1020 g/mol. The summed E-state index contributed by atoms with van der Waals surface area (Å²) in [7, 11) is 1.28. The molecule has 4 fully saturated rings. The Bertz CT molecular complexity index is 1580. The third-order valence-corrected chi connectivity index (χ3v) is 13.6. The zero-order valence-electron chi connectivity index (χ0n) is 41.9. The fraction of sp³-hybridized carbons (Fsp3) is 0.896. The van der Waals surface area contributed by atoms with Gasteiger partial charge in [0.25, 0.3) is 0 Å². The van der Waals surface area contributed by atoms with Crippen LogP contribution in [0.25, 0.3) is 0 Å². The Hall–Kier alpha value is -2.53. The Morgan fingerprint density at radius 3 is 1.37 bits per heavy atom. The summed E-state index contributed by atoms with van der Waals surface area (Å²) >= 11 is 0. The van der Waals surface area contributed by atoms with Crippen LogP contribution in [0.1, 0.15) is 118 Å². The molecule has 12 N–H and O–H groups in total. The Morgan fingerprint density at radius 2 is 0.887 bits per heavy atom. The van der Waals surface area contributed by atoms with Gasteiger partial charge in [-0.3, -0.25) is 14.4 Å². The number of ether oxygens (including phenoxy) is 8. The summed E-state index contributed by atoms with van der Waals surface area (Å²) in [6.45, 7) is 3.01. The van der Waals surface area contributed by atoms with Gasteiger partial charge in [-0.25, -0.2) is 0 Å². The molecule has 23 nitrogen and oxygen atoms in total. The number of hydrogen-bond acceptors (Lipinski definition) is 20. The third kappa shape index (κ3) is 17.5. The highest BCUT2D eigenvalue weighted by molar-refractivity contribution is 5.76. The number of unbranched alkanes of at least 4 members (excludes halogenated alkanes) is 11. The minimum atomic E-state index is -1.80. The lowest BCUT2D eigenvalue weighted by Gasteiger charge is -2.50. The van der Waals surface area contributed by atoms with E-state index in [0.29, 0.717) is 6.42 Å². The molecule has 10 unspecified atom stereocenters. The van der Waals surface area contributed by atoms with Crippen LogP contribution >= 0.6 is 0 Å². The second kappa shape index (κ2) is 31.4. The maximum absolute atomic E-state index is 13.3. The maximum atomic E-state index is 13.3. The predicted octanol–water partition coefficient (Wildman–Crippen LogP) is -1.37. The molecule has 0 aromatic heterocycles. The fourth-order valence-corrected chi connectivity index (χ4v) is 9.52. The van der Waals surface area contributed by atoms with E-state index in [1.165, 1.54) is 46.6 Å². The second-order valence-electron chi connectivity index (χ2n) is 19.1. The van der Waals surface area contributed by atoms with Crippen LogP contribution in [0.15, 0.2) is 12.2 Å². The standard InChI is InChI=1S/C48H85N3O20/c1-6-7-8-9-10-11-12-13-14-15-16-17-18-19-20-21-33(58)51-34-39(61)38(60)29(22-52)65-47(34)71-44-32(25-55)68-48(36(41(44)63)50-28(4)57)70-42-30(23-53)66-45(26(2)37(42)59)69-43-31(24-54)67-46(64-5)35(40(43)62)49-27(3)56/h11-12,26,29-32,34-48,52-55,59-63H,6-10,13-25H2,1-5H3,(H,49,56)(H,50,57)(H,51,58)/b12-11-/t26-,29?,30?,31?,32?,34-,35+,36+,37+,38?,39+,40?,41?,42?,43-,44-,45?,46-,47?,48+/m0/s1. The zero-order chi connectivity index (χ0) is 52.2. The van der Waals surface area contributed by atoms with E-state index in [2.05, 4.69) is 35.0 Å². The van der Waals surface area contributed by atoms with E-state index >= 15 is 0 Å². The molecule has 23 heteroatoms. The van der Waals surface area contributed by atoms with Crippen LogP contribution in [0.2, 0.25) is 0 Å². The van der Waals surface area contributed by atoms with Crippen LogP contribution < -0.4 is 16.0 Å². The lowest BCUT2D eigenvalue weighted by Crippen LogP contribution is -2.70. The van der Waals surface area contributed by atoms with E-state index in [-0.39, 0.29) is 6.42 Å². The van der Waals surface area contributed by atoms with Gasteiger partial charge in [0.05, 0.1) is 32.5 Å². The summed E-state index contributed by atoms with van der Waals surface area (Å²) in [4.78, 5) is 37.8. The minimum absolute atomic E-state index is 0.0849. The maximum Gasteiger partial charge on any atom is 0.220 e. The summed E-state index contributed by atoms with van der Waals surface area (Å²) in [6.07, 6.45) is -5.38. The molecule has 4 heterocycles. The summed E-state index contributed by atoms with van der Waals surface area (Å²) in [5.74, 6) is -2.69. The SMILES string of the molecule is CCCCCC/C=C\CCCCCCCCCC(=O)N[C@@H]1C(O[C@H]2C(CO)O[C@H](OC3C(CO)OC(O[C@H]4C(CO)O[C@H](OC)[C@H](NC(C)=O)C4O)[C@@H](C)[C@H]3O)[C@H](NC(C)=O)C2O)OC(CO)C(O)[C@@H]1O. The van der Waals surface area contributed by atoms with Gasteiger partial charge < -0.3 is 99.8 Å². The lowest BCUT2D eigenvalue weighted by atomic mass is 9.90. The molecule has 0 bridgehead atoms. The van der Waals surface area contributed by atoms with Gasteiger partial charge in [-0.15, -0.1) is 0 Å². The number of methoxy groups -OCH3 is 1. The minimum Gasteiger partial charge on any atom is -0.394 e. The van der Waals surface area contributed by atoms with Gasteiger partial charge in [0, 0.05) is 33.3 Å². The van der Waals surface area contributed by atoms with Gasteiger partial charge in [0.15, 0.2) is 25.2 Å². The van der Waals surface area contributed by atoms with Gasteiger partial charge in [0.1, 0.15) is 85.3 Å². The molecule has 4 rings (SSSR count). The van der Waals surface area contributed by atoms with Crippen molar-refractivity contribution in [2.75, 3.05) is 33.5 Å². The first-order valence-corrected chi connectivity index (χ1v) is 25.5. The van der Waals surface area contributed by atoms with Crippen LogP contribution in [-0.4, -0.2) is 214 Å². The van der Waals surface area contributed by atoms with Gasteiger partial charge >= 0.3 is 0 Å². The fourth-order valence-electron chi connectivity index (χ4n) is 9.52. The van der Waals surface area contributed by atoms with Crippen molar-refractivity contribution in [3.63, 3.8) is 0 Å². The van der Waals surface area contributed by atoms with Crippen LogP contribution in [-0.2, 0) is 52.3 Å². The topological polar surface area (TPSA) is 343 Å². The van der Waals surface area contributed by atoms with Crippen molar-refractivity contribution in [1.82, 2.24) is 16.0 Å². The van der Waals surface area contributed by atoms with Crippen molar-refractivity contribution in [3.8, 4) is 0 Å². The van der Waals surface area contributed by atoms with Gasteiger partial charge in [-0.1, -0.05) is 77.4 Å². The molecule has 0 saturated carbocycles. The largest absolute Gasteiger partial charge is 0.394 e. The first kappa shape index (κ1) is 61.0. The Kier molecular flexibility index (Phi) is 27.0. The number of carbonyl (C=O) groups excluding carboxylic acids is 3. The van der Waals surface area contributed by atoms with Crippen molar-refractivity contribution in [1.29, 1.82) is 0 Å². The summed E-state index contributed by atoms with van der Waals surface area (Å²) in [5.41, 5.74) is 0. The smallest absolute Gasteiger partial charge is 0.220 e. The normalized spacial score (nSPS) is 37.7. The highest BCUT2D eigenvalue weighted by Crippen LogP contribution is 2.36. The number of nitrogens with one attached hydrogen (secondary N) is 3. The number of rotatable bonds is 29. The Balaban J connectivity index is 1.39. The van der Waals surface area contributed by atoms with E-state index < -0.39 is 167 Å². The second-order valence-corrected chi connectivity index (χ2v) is 19.1. The van der Waals surface area contributed by atoms with Crippen LogP contribution in [0, 0.1) is 5.92 Å². The molecule has 0 aromatic rings. The van der Waals surface area contributed by atoms with E-state index in [0.717, 1.165) is 58.3 Å². The Morgan fingerprint density at radius 1 is 0.493 bits per heavy atom. The van der Waals surface area contributed by atoms with E-state index in [9.17, 15) is 60.3 Å². The molecule has 0 spiro atoms. The third-order valence-electron chi connectivity index (χ3n) is 13.6. The number of aliphatic hydroxyl groups is 9. The van der Waals surface area contributed by atoms with Crippen LogP contribution in [0.5, 0.6) is 0 Å². The summed E-state index contributed by atoms with van der Waals surface area (Å²) < 4.78 is 47.4. The first-order valence-electron chi connectivity index (χ1n) is 25.5. The molecule has 71 heavy (non-hydrogen) atoms. The highest BCUT2D eigenvalue weighted by Gasteiger charge is 2.55. The zero-order valence-corrected chi connectivity index (χ0v) is 41.9. The lowest BCUT2D eigenvalue weighted by molar-refractivity contribution is -0.367. The molecule has 20 atom stereocenters. The number of carbonyl (C=O) groups is 3. The molecule has 3 amide bonds. The van der Waals surface area contributed by atoms with Crippen molar-refractivity contribution in [2.24, 2.45) is 5.92 Å². The van der Waals surface area contributed by atoms with Crippen LogP contribution in [0.3, 0.4) is 0 Å². The van der Waals surface area contributed by atoms with Crippen molar-refractivity contribution in [3.05, 3.63) is 12.2 Å². The molecule has 0 aliphatic carbocycles. The summed E-state index contributed by atoms with van der Waals surface area (Å²) in [5, 5.41) is 106. The number of allylic oxidation sites excluding steroid dienone is 2. The molecular weight excluding hydrogens is 939 g/mol. The highest BCUT2D eigenvalue weighted by atomic mass is 16.8. The van der Waals surface area contributed by atoms with Crippen molar-refractivity contribution < 1.29 is 98.2 Å². The molecular formula is C48H85N3O20. The predicted molar refractivity (Wildman–Crippen MR) is 250 cm³/mol. The van der Waals surface area contributed by atoms with Gasteiger partial charge in [0.2, 0.25) is 17.7 Å². The van der Waals surface area contributed by atoms with Gasteiger partial charge in [-0.2, -0.15) is 0 Å². The molecule has 0 aromatic carbocycles. The average Bonchev–Trinajstić information content (AvgIpc) is 3.34. The van der Waals surface area contributed by atoms with E-state index in [1.807, 2.05) is 0 Å². The molecule has 4 saturated heterocycles. The molecule has 0 radical (unpaired) electrons. The summed E-state index contributed by atoms with van der Waals surface area (Å²) in [6, 6.07) is -4.09. The van der Waals surface area contributed by atoms with Crippen molar-refractivity contribution in [2.45, 2.75) is 234 Å². The van der Waals surface area contributed by atoms with Crippen LogP contribution in [0.4, 0.5) is 0 Å². The molecule has 4 aliphatic rings. The van der Waals surface area contributed by atoms with Crippen molar-refractivity contribution >= 4 is 17.7 Å². The van der Waals surface area contributed by atoms with E-state index in [4.69, 9.17) is 37.9 Å². The number of hydrogen-bond donors (Lipinski definition) is 12. The van der Waals surface area contributed by atoms with E-state index in [1.54, 1.807) is 0 Å². The van der Waals surface area contributed by atoms with Gasteiger partial charge in [-0.05, 0) is 32.1 Å². The first-order chi connectivity index (χ1) is 34.0. The number of aliphatic hydroxyl groups excluding tert-OH is 9. The molecule has 412 valence electrons. The Labute approximate surface area is 416 Å². The molecule has 4 aliphatic heterocycles. The monoisotopic (exact) mass is 1020 g/mol.